The first-order chi connectivity index (χ1) is 13.4. The van der Waals surface area contributed by atoms with Gasteiger partial charge in [0, 0.05) is 30.4 Å². The molecule has 1 aliphatic heterocycles. The normalized spacial score (nSPS) is 14.8. The maximum Gasteiger partial charge on any atom is 0.238 e. The van der Waals surface area contributed by atoms with Gasteiger partial charge in [0.2, 0.25) is 17.7 Å². The molecule has 0 unspecified atom stereocenters. The van der Waals surface area contributed by atoms with Crippen molar-refractivity contribution in [3.63, 3.8) is 0 Å². The quantitative estimate of drug-likeness (QED) is 0.738. The lowest BCUT2D eigenvalue weighted by atomic mass is 10.2. The molecule has 2 heterocycles. The summed E-state index contributed by atoms with van der Waals surface area (Å²) in [6.45, 7) is 4.16. The Balaban J connectivity index is 1.48. The predicted molar refractivity (Wildman–Crippen MR) is 108 cm³/mol. The summed E-state index contributed by atoms with van der Waals surface area (Å²) < 4.78 is 4.90. The minimum absolute atomic E-state index is 0.0983. The summed E-state index contributed by atoms with van der Waals surface area (Å²) in [5.74, 6) is 0.716. The van der Waals surface area contributed by atoms with Gasteiger partial charge in [0.25, 0.3) is 0 Å². The zero-order valence-corrected chi connectivity index (χ0v) is 16.5. The zero-order valence-electron chi connectivity index (χ0n) is 15.7. The number of carbonyl (C=O) groups is 3. The van der Waals surface area contributed by atoms with Crippen LogP contribution in [0.3, 0.4) is 0 Å². The molecular weight excluding hydrogens is 380 g/mol. The summed E-state index contributed by atoms with van der Waals surface area (Å²) in [6.07, 6.45) is 1.40. The van der Waals surface area contributed by atoms with Crippen molar-refractivity contribution in [3.05, 3.63) is 36.1 Å². The topological polar surface area (TPSA) is 105 Å². The van der Waals surface area contributed by atoms with Gasteiger partial charge in [-0.1, -0.05) is 11.2 Å². The van der Waals surface area contributed by atoms with Gasteiger partial charge in [0.15, 0.2) is 5.82 Å². The second-order valence-electron chi connectivity index (χ2n) is 6.51. The van der Waals surface area contributed by atoms with E-state index in [1.807, 2.05) is 6.07 Å². The van der Waals surface area contributed by atoms with Crippen LogP contribution in [0.5, 0.6) is 0 Å². The number of benzene rings is 1. The number of nitrogens with one attached hydrogen (secondary N) is 2. The molecule has 3 amide bonds. The number of thioether (sulfide) groups is 1. The van der Waals surface area contributed by atoms with E-state index < -0.39 is 5.25 Å². The molecule has 0 spiro atoms. The van der Waals surface area contributed by atoms with Gasteiger partial charge in [0.1, 0.15) is 5.76 Å². The Morgan fingerprint density at radius 1 is 1.32 bits per heavy atom. The van der Waals surface area contributed by atoms with Crippen LogP contribution < -0.4 is 15.5 Å². The van der Waals surface area contributed by atoms with Gasteiger partial charge in [-0.25, -0.2) is 0 Å². The van der Waals surface area contributed by atoms with Crippen molar-refractivity contribution in [2.45, 2.75) is 31.9 Å². The molecule has 1 atom stereocenters. The zero-order chi connectivity index (χ0) is 20.1. The van der Waals surface area contributed by atoms with Crippen molar-refractivity contribution in [2.24, 2.45) is 0 Å². The Kier molecular flexibility index (Phi) is 6.35. The molecule has 3 rings (SSSR count). The highest BCUT2D eigenvalue weighted by Crippen LogP contribution is 2.24. The number of anilines is 3. The van der Waals surface area contributed by atoms with Crippen molar-refractivity contribution >= 4 is 46.7 Å². The standard InChI is InChI=1S/C19H22N4O4S/c1-12-9-16(22-27-12)21-19(26)13(2)28-11-17(24)20-14-5-3-6-15(10-14)23-8-4-7-18(23)25/h3,5-6,9-10,13H,4,7-8,11H2,1-2H3,(H,20,24)(H,21,22,26)/t13-/m0/s1. The molecule has 28 heavy (non-hydrogen) atoms. The molecular formula is C19H22N4O4S. The van der Waals surface area contributed by atoms with Crippen molar-refractivity contribution in [3.8, 4) is 0 Å². The monoisotopic (exact) mass is 402 g/mol. The van der Waals surface area contributed by atoms with E-state index in [0.29, 0.717) is 30.2 Å². The molecule has 0 bridgehead atoms. The van der Waals surface area contributed by atoms with E-state index in [2.05, 4.69) is 15.8 Å². The van der Waals surface area contributed by atoms with Gasteiger partial charge in [-0.15, -0.1) is 11.8 Å². The average Bonchev–Trinajstić information content (AvgIpc) is 3.27. The molecule has 148 valence electrons. The van der Waals surface area contributed by atoms with E-state index in [0.717, 1.165) is 12.1 Å². The molecule has 9 heteroatoms. The van der Waals surface area contributed by atoms with E-state index in [9.17, 15) is 14.4 Å². The fourth-order valence-corrected chi connectivity index (χ4v) is 3.48. The van der Waals surface area contributed by atoms with Crippen LogP contribution in [0.1, 0.15) is 25.5 Å². The number of nitrogens with zero attached hydrogens (tertiary/aromatic N) is 2. The van der Waals surface area contributed by atoms with Crippen LogP contribution in [-0.2, 0) is 14.4 Å². The van der Waals surface area contributed by atoms with E-state index in [1.54, 1.807) is 43.0 Å². The molecule has 0 radical (unpaired) electrons. The van der Waals surface area contributed by atoms with Crippen LogP contribution in [0.2, 0.25) is 0 Å². The number of carbonyl (C=O) groups excluding carboxylic acids is 3. The first-order valence-electron chi connectivity index (χ1n) is 8.98. The predicted octanol–water partition coefficient (Wildman–Crippen LogP) is 2.81. The van der Waals surface area contributed by atoms with Crippen LogP contribution in [0.25, 0.3) is 0 Å². The molecule has 2 N–H and O–H groups in total. The van der Waals surface area contributed by atoms with Gasteiger partial charge >= 0.3 is 0 Å². The lowest BCUT2D eigenvalue weighted by molar-refractivity contribution is -0.117. The largest absolute Gasteiger partial charge is 0.360 e. The smallest absolute Gasteiger partial charge is 0.238 e. The van der Waals surface area contributed by atoms with Crippen LogP contribution in [0, 0.1) is 6.92 Å². The Morgan fingerprint density at radius 2 is 2.14 bits per heavy atom. The Labute approximate surface area is 167 Å². The highest BCUT2D eigenvalue weighted by Gasteiger charge is 2.22. The molecule has 0 saturated carbocycles. The minimum atomic E-state index is -0.434. The van der Waals surface area contributed by atoms with Crippen molar-refractivity contribution in [1.82, 2.24) is 5.16 Å². The van der Waals surface area contributed by atoms with Crippen LogP contribution in [0.15, 0.2) is 34.9 Å². The lowest BCUT2D eigenvalue weighted by Crippen LogP contribution is -2.25. The van der Waals surface area contributed by atoms with Gasteiger partial charge in [-0.05, 0) is 38.5 Å². The second kappa shape index (κ2) is 8.92. The van der Waals surface area contributed by atoms with E-state index in [1.165, 1.54) is 11.8 Å². The van der Waals surface area contributed by atoms with Gasteiger partial charge < -0.3 is 20.1 Å². The number of amides is 3. The number of rotatable bonds is 7. The minimum Gasteiger partial charge on any atom is -0.360 e. The third kappa shape index (κ3) is 5.13. The molecule has 1 aromatic carbocycles. The third-order valence-corrected chi connectivity index (χ3v) is 5.37. The Bertz CT molecular complexity index is 882. The summed E-state index contributed by atoms with van der Waals surface area (Å²) in [4.78, 5) is 38.0. The molecule has 0 aliphatic carbocycles. The summed E-state index contributed by atoms with van der Waals surface area (Å²) in [7, 11) is 0. The molecule has 2 aromatic rings. The average molecular weight is 402 g/mol. The number of hydrogen-bond donors (Lipinski definition) is 2. The van der Waals surface area contributed by atoms with Crippen molar-refractivity contribution in [2.75, 3.05) is 27.8 Å². The molecule has 1 aromatic heterocycles. The Hall–Kier alpha value is -2.81. The molecule has 1 fully saturated rings. The Morgan fingerprint density at radius 3 is 2.82 bits per heavy atom. The van der Waals surface area contributed by atoms with Gasteiger partial charge in [-0.3, -0.25) is 14.4 Å². The first kappa shape index (κ1) is 19.9. The molecule has 8 nitrogen and oxygen atoms in total. The highest BCUT2D eigenvalue weighted by molar-refractivity contribution is 8.01. The maximum atomic E-state index is 12.2. The lowest BCUT2D eigenvalue weighted by Gasteiger charge is -2.17. The van der Waals surface area contributed by atoms with Crippen LogP contribution in [0.4, 0.5) is 17.2 Å². The van der Waals surface area contributed by atoms with E-state index in [4.69, 9.17) is 4.52 Å². The first-order valence-corrected chi connectivity index (χ1v) is 10.0. The van der Waals surface area contributed by atoms with E-state index >= 15 is 0 Å². The molecule has 1 saturated heterocycles. The second-order valence-corrected chi connectivity index (χ2v) is 7.84. The summed E-state index contributed by atoms with van der Waals surface area (Å²) in [5, 5.41) is 8.73. The number of hydrogen-bond acceptors (Lipinski definition) is 6. The van der Waals surface area contributed by atoms with Crippen LogP contribution in [-0.4, -0.2) is 40.4 Å². The van der Waals surface area contributed by atoms with Gasteiger partial charge in [-0.2, -0.15) is 0 Å². The van der Waals surface area contributed by atoms with Crippen molar-refractivity contribution in [1.29, 1.82) is 0 Å². The third-order valence-electron chi connectivity index (χ3n) is 4.23. The highest BCUT2D eigenvalue weighted by atomic mass is 32.2. The fourth-order valence-electron chi connectivity index (χ4n) is 2.80. The number of aromatic nitrogens is 1. The summed E-state index contributed by atoms with van der Waals surface area (Å²) in [5.41, 5.74) is 1.40. The van der Waals surface area contributed by atoms with Gasteiger partial charge in [0.05, 0.1) is 11.0 Å². The summed E-state index contributed by atoms with van der Waals surface area (Å²) >= 11 is 1.22. The number of aryl methyl sites for hydroxylation is 1. The molecule has 1 aliphatic rings. The van der Waals surface area contributed by atoms with Crippen molar-refractivity contribution < 1.29 is 18.9 Å². The van der Waals surface area contributed by atoms with Crippen LogP contribution >= 0.6 is 11.8 Å². The summed E-state index contributed by atoms with van der Waals surface area (Å²) in [6, 6.07) is 8.84. The fraction of sp³-hybridized carbons (Fsp3) is 0.368. The SMILES string of the molecule is Cc1cc(NC(=O)[C@H](C)SCC(=O)Nc2cccc(N3CCCC3=O)c2)no1. The maximum absolute atomic E-state index is 12.2. The van der Waals surface area contributed by atoms with E-state index in [-0.39, 0.29) is 23.5 Å².